The fourth-order valence-corrected chi connectivity index (χ4v) is 2.28. The van der Waals surface area contributed by atoms with Crippen LogP contribution in [-0.4, -0.2) is 37.8 Å². The number of hydrogen-bond acceptors (Lipinski definition) is 4. The van der Waals surface area contributed by atoms with E-state index >= 15 is 0 Å². The Morgan fingerprint density at radius 2 is 1.71 bits per heavy atom. The number of Topliss-reactive ketones (excluding diaryl/α,β-unsaturated/α-hetero) is 1. The minimum absolute atomic E-state index is 0.0128. The van der Waals surface area contributed by atoms with Gasteiger partial charge in [0.1, 0.15) is 5.78 Å². The van der Waals surface area contributed by atoms with Gasteiger partial charge in [-0.05, 0) is 26.8 Å². The summed E-state index contributed by atoms with van der Waals surface area (Å²) in [5, 5.41) is 2.83. The molecule has 0 radical (unpaired) electrons. The first-order chi connectivity index (χ1) is 7.75. The molecule has 0 heterocycles. The van der Waals surface area contributed by atoms with Crippen LogP contribution in [0.2, 0.25) is 0 Å². The molecule has 0 spiro atoms. The molecule has 0 aromatic heterocycles. The first-order valence-electron chi connectivity index (χ1n) is 6.22. The van der Waals surface area contributed by atoms with Crippen LogP contribution in [-0.2, 0) is 14.6 Å². The van der Waals surface area contributed by atoms with Gasteiger partial charge in [0, 0.05) is 18.9 Å². The minimum atomic E-state index is -3.07. The lowest BCUT2D eigenvalue weighted by atomic mass is 10.2. The van der Waals surface area contributed by atoms with Crippen LogP contribution in [0.4, 0.5) is 0 Å². The Morgan fingerprint density at radius 1 is 1.12 bits per heavy atom. The second-order valence-electron chi connectivity index (χ2n) is 4.92. The summed E-state index contributed by atoms with van der Waals surface area (Å²) in [6, 6.07) is 0.423. The number of ketones is 1. The van der Waals surface area contributed by atoms with Crippen LogP contribution in [0.15, 0.2) is 0 Å². The van der Waals surface area contributed by atoms with E-state index in [2.05, 4.69) is 19.2 Å². The SMILES string of the molecule is CC(C)NCCCC(=O)CCS(=O)(=O)C(C)C. The van der Waals surface area contributed by atoms with E-state index in [1.54, 1.807) is 13.8 Å². The maximum Gasteiger partial charge on any atom is 0.153 e. The Balaban J connectivity index is 3.74. The predicted octanol–water partition coefficient (Wildman–Crippen LogP) is 1.55. The fraction of sp³-hybridized carbons (Fsp3) is 0.917. The molecule has 0 rings (SSSR count). The predicted molar refractivity (Wildman–Crippen MR) is 70.9 cm³/mol. The zero-order valence-corrected chi connectivity index (χ0v) is 12.1. The van der Waals surface area contributed by atoms with E-state index < -0.39 is 15.1 Å². The summed E-state index contributed by atoms with van der Waals surface area (Å²) in [7, 11) is -3.07. The maximum absolute atomic E-state index is 11.5. The Morgan fingerprint density at radius 3 is 2.18 bits per heavy atom. The normalized spacial score (nSPS) is 12.4. The Labute approximate surface area is 105 Å². The van der Waals surface area contributed by atoms with Gasteiger partial charge in [0.05, 0.1) is 11.0 Å². The third-order valence-corrected chi connectivity index (χ3v) is 4.78. The first-order valence-corrected chi connectivity index (χ1v) is 7.94. The van der Waals surface area contributed by atoms with Gasteiger partial charge in [-0.2, -0.15) is 0 Å². The van der Waals surface area contributed by atoms with Crippen molar-refractivity contribution in [3.05, 3.63) is 0 Å². The molecule has 0 atom stereocenters. The van der Waals surface area contributed by atoms with Gasteiger partial charge >= 0.3 is 0 Å². The van der Waals surface area contributed by atoms with Crippen molar-refractivity contribution in [3.8, 4) is 0 Å². The van der Waals surface area contributed by atoms with Gasteiger partial charge in [0.15, 0.2) is 9.84 Å². The standard InChI is InChI=1S/C12H25NO3S/c1-10(2)13-8-5-6-12(14)7-9-17(15,16)11(3)4/h10-11,13H,5-9H2,1-4H3. The van der Waals surface area contributed by atoms with Crippen molar-refractivity contribution in [1.29, 1.82) is 0 Å². The van der Waals surface area contributed by atoms with Crippen LogP contribution in [0.5, 0.6) is 0 Å². The van der Waals surface area contributed by atoms with Gasteiger partial charge in [0.2, 0.25) is 0 Å². The smallest absolute Gasteiger partial charge is 0.153 e. The van der Waals surface area contributed by atoms with Crippen molar-refractivity contribution >= 4 is 15.6 Å². The van der Waals surface area contributed by atoms with E-state index in [1.165, 1.54) is 0 Å². The molecule has 1 N–H and O–H groups in total. The van der Waals surface area contributed by atoms with Crippen LogP contribution < -0.4 is 5.32 Å². The molecule has 0 unspecified atom stereocenters. The topological polar surface area (TPSA) is 63.2 Å². The summed E-state index contributed by atoms with van der Waals surface area (Å²) >= 11 is 0. The Kier molecular flexibility index (Phi) is 7.63. The number of nitrogens with one attached hydrogen (secondary N) is 1. The van der Waals surface area contributed by atoms with Crippen molar-refractivity contribution in [2.45, 2.75) is 58.2 Å². The van der Waals surface area contributed by atoms with Crippen molar-refractivity contribution in [2.75, 3.05) is 12.3 Å². The van der Waals surface area contributed by atoms with Crippen molar-refractivity contribution < 1.29 is 13.2 Å². The van der Waals surface area contributed by atoms with Crippen molar-refractivity contribution in [3.63, 3.8) is 0 Å². The molecule has 0 aromatic carbocycles. The summed E-state index contributed by atoms with van der Waals surface area (Å²) in [6.45, 7) is 8.20. The molecule has 0 saturated heterocycles. The average molecular weight is 263 g/mol. The van der Waals surface area contributed by atoms with Crippen LogP contribution in [0.3, 0.4) is 0 Å². The number of hydrogen-bond donors (Lipinski definition) is 1. The van der Waals surface area contributed by atoms with E-state index in [0.717, 1.165) is 13.0 Å². The summed E-state index contributed by atoms with van der Waals surface area (Å²) in [4.78, 5) is 11.5. The third-order valence-electron chi connectivity index (χ3n) is 2.57. The zero-order valence-electron chi connectivity index (χ0n) is 11.3. The van der Waals surface area contributed by atoms with Gasteiger partial charge in [0.25, 0.3) is 0 Å². The van der Waals surface area contributed by atoms with E-state index in [9.17, 15) is 13.2 Å². The molecule has 0 aliphatic rings. The molecule has 4 nitrogen and oxygen atoms in total. The van der Waals surface area contributed by atoms with Gasteiger partial charge < -0.3 is 5.32 Å². The largest absolute Gasteiger partial charge is 0.315 e. The minimum Gasteiger partial charge on any atom is -0.315 e. The highest BCUT2D eigenvalue weighted by molar-refractivity contribution is 7.91. The highest BCUT2D eigenvalue weighted by atomic mass is 32.2. The van der Waals surface area contributed by atoms with Gasteiger partial charge in [-0.25, -0.2) is 8.42 Å². The Hall–Kier alpha value is -0.420. The number of carbonyl (C=O) groups is 1. The first kappa shape index (κ1) is 16.6. The lowest BCUT2D eigenvalue weighted by Crippen LogP contribution is -2.24. The molecule has 0 saturated carbocycles. The van der Waals surface area contributed by atoms with Gasteiger partial charge in [-0.1, -0.05) is 13.8 Å². The van der Waals surface area contributed by atoms with Gasteiger partial charge in [-0.3, -0.25) is 4.79 Å². The summed E-state index contributed by atoms with van der Waals surface area (Å²) in [6.07, 6.45) is 1.40. The van der Waals surface area contributed by atoms with E-state index in [1.807, 2.05) is 0 Å². The summed E-state index contributed by atoms with van der Waals surface area (Å²) < 4.78 is 23.0. The lowest BCUT2D eigenvalue weighted by molar-refractivity contribution is -0.118. The molecule has 0 fully saturated rings. The molecule has 5 heteroatoms. The maximum atomic E-state index is 11.5. The molecule has 0 aliphatic carbocycles. The summed E-state index contributed by atoms with van der Waals surface area (Å²) in [5.74, 6) is 0.0287. The highest BCUT2D eigenvalue weighted by Crippen LogP contribution is 2.04. The zero-order chi connectivity index (χ0) is 13.5. The van der Waals surface area contributed by atoms with E-state index in [-0.39, 0.29) is 18.0 Å². The lowest BCUT2D eigenvalue weighted by Gasteiger charge is -2.08. The molecule has 0 amide bonds. The summed E-state index contributed by atoms with van der Waals surface area (Å²) in [5.41, 5.74) is 0. The van der Waals surface area contributed by atoms with E-state index in [4.69, 9.17) is 0 Å². The second-order valence-corrected chi connectivity index (χ2v) is 7.59. The molecule has 0 bridgehead atoms. The van der Waals surface area contributed by atoms with Crippen molar-refractivity contribution in [2.24, 2.45) is 0 Å². The van der Waals surface area contributed by atoms with E-state index in [0.29, 0.717) is 12.5 Å². The van der Waals surface area contributed by atoms with Crippen molar-refractivity contribution in [1.82, 2.24) is 5.32 Å². The number of carbonyl (C=O) groups excluding carboxylic acids is 1. The fourth-order valence-electron chi connectivity index (χ4n) is 1.29. The number of sulfone groups is 1. The van der Waals surface area contributed by atoms with Gasteiger partial charge in [-0.15, -0.1) is 0 Å². The van der Waals surface area contributed by atoms with Crippen LogP contribution in [0.1, 0.15) is 47.0 Å². The molecule has 17 heavy (non-hydrogen) atoms. The monoisotopic (exact) mass is 263 g/mol. The average Bonchev–Trinajstić information content (AvgIpc) is 2.21. The highest BCUT2D eigenvalue weighted by Gasteiger charge is 2.17. The molecule has 0 aromatic rings. The molecule has 102 valence electrons. The number of rotatable bonds is 9. The molecule has 0 aliphatic heterocycles. The molecular weight excluding hydrogens is 238 g/mol. The Bertz CT molecular complexity index is 321. The molecular formula is C12H25NO3S. The van der Waals surface area contributed by atoms with Crippen LogP contribution in [0, 0.1) is 0 Å². The third kappa shape index (κ3) is 8.32. The van der Waals surface area contributed by atoms with Crippen LogP contribution in [0.25, 0.3) is 0 Å². The van der Waals surface area contributed by atoms with Crippen LogP contribution >= 0.6 is 0 Å². The quantitative estimate of drug-likeness (QED) is 0.641. The second kappa shape index (κ2) is 7.82.